The fourth-order valence-electron chi connectivity index (χ4n) is 2.45. The maximum atomic E-state index is 11.9. The Balaban J connectivity index is 2.06. The molecule has 0 amide bonds. The van der Waals surface area contributed by atoms with Gasteiger partial charge in [-0.05, 0) is 5.92 Å². The lowest BCUT2D eigenvalue weighted by atomic mass is 10.00. The average Bonchev–Trinajstić information content (AvgIpc) is 2.20. The Morgan fingerprint density at radius 1 is 1.33 bits per heavy atom. The van der Waals surface area contributed by atoms with Crippen molar-refractivity contribution >= 4 is 15.1 Å². The summed E-state index contributed by atoms with van der Waals surface area (Å²) in [6, 6.07) is 3.61. The van der Waals surface area contributed by atoms with E-state index in [0.29, 0.717) is 18.8 Å². The van der Waals surface area contributed by atoms with Gasteiger partial charge < -0.3 is 4.79 Å². The SMILES string of the molecule is O=CCC1CC[SiH](CCCC(F)F)CC1. The van der Waals surface area contributed by atoms with E-state index in [-0.39, 0.29) is 6.42 Å². The molecule has 1 saturated heterocycles. The molecule has 0 aromatic carbocycles. The smallest absolute Gasteiger partial charge is 0.238 e. The predicted molar refractivity (Wildman–Crippen MR) is 60.2 cm³/mol. The minimum Gasteiger partial charge on any atom is -0.303 e. The molecule has 1 aliphatic heterocycles. The number of rotatable bonds is 6. The molecule has 4 heteroatoms. The minimum absolute atomic E-state index is 0.0846. The number of aldehydes is 1. The lowest BCUT2D eigenvalue weighted by Gasteiger charge is -2.26. The zero-order valence-electron chi connectivity index (χ0n) is 9.13. The Morgan fingerprint density at radius 2 is 2.00 bits per heavy atom. The van der Waals surface area contributed by atoms with Crippen LogP contribution in [-0.2, 0) is 4.79 Å². The summed E-state index contributed by atoms with van der Waals surface area (Å²) in [7, 11) is -0.698. The average molecular weight is 234 g/mol. The number of hydrogen-bond acceptors (Lipinski definition) is 1. The normalized spacial score (nSPS) is 26.9. The van der Waals surface area contributed by atoms with Crippen LogP contribution in [0.3, 0.4) is 0 Å². The van der Waals surface area contributed by atoms with Gasteiger partial charge in [-0.15, -0.1) is 0 Å². The molecule has 0 aliphatic carbocycles. The van der Waals surface area contributed by atoms with Crippen molar-refractivity contribution in [3.63, 3.8) is 0 Å². The fraction of sp³-hybridized carbons (Fsp3) is 0.909. The summed E-state index contributed by atoms with van der Waals surface area (Å²) in [5.41, 5.74) is 0. The zero-order valence-corrected chi connectivity index (χ0v) is 10.3. The molecule has 0 aromatic rings. The monoisotopic (exact) mass is 234 g/mol. The molecule has 0 radical (unpaired) electrons. The molecule has 1 rings (SSSR count). The van der Waals surface area contributed by atoms with E-state index < -0.39 is 15.2 Å². The van der Waals surface area contributed by atoms with Crippen molar-refractivity contribution < 1.29 is 13.6 Å². The second-order valence-electron chi connectivity index (χ2n) is 4.61. The summed E-state index contributed by atoms with van der Waals surface area (Å²) in [4.78, 5) is 10.3. The molecule has 15 heavy (non-hydrogen) atoms. The molecule has 1 nitrogen and oxygen atoms in total. The van der Waals surface area contributed by atoms with Gasteiger partial charge >= 0.3 is 0 Å². The first-order valence-electron chi connectivity index (χ1n) is 5.94. The lowest BCUT2D eigenvalue weighted by Crippen LogP contribution is -2.21. The Kier molecular flexibility index (Phi) is 6.06. The van der Waals surface area contributed by atoms with Crippen molar-refractivity contribution in [2.75, 3.05) is 0 Å². The van der Waals surface area contributed by atoms with Gasteiger partial charge in [-0.25, -0.2) is 8.78 Å². The Bertz CT molecular complexity index is 179. The van der Waals surface area contributed by atoms with Gasteiger partial charge in [0.2, 0.25) is 6.43 Å². The van der Waals surface area contributed by atoms with E-state index >= 15 is 0 Å². The Labute approximate surface area is 91.9 Å². The van der Waals surface area contributed by atoms with Gasteiger partial charge in [0, 0.05) is 21.6 Å². The molecular formula is C11H20F2OSi. The third kappa shape index (κ3) is 5.40. The van der Waals surface area contributed by atoms with Crippen molar-refractivity contribution in [2.45, 2.75) is 56.7 Å². The van der Waals surface area contributed by atoms with Crippen LogP contribution in [0.4, 0.5) is 8.78 Å². The molecule has 88 valence electrons. The lowest BCUT2D eigenvalue weighted by molar-refractivity contribution is -0.108. The van der Waals surface area contributed by atoms with E-state index in [9.17, 15) is 13.6 Å². The van der Waals surface area contributed by atoms with E-state index in [0.717, 1.165) is 12.3 Å². The van der Waals surface area contributed by atoms with Crippen molar-refractivity contribution in [3.05, 3.63) is 0 Å². The molecule has 0 atom stereocenters. The number of carbonyl (C=O) groups excluding carboxylic acids is 1. The van der Waals surface area contributed by atoms with Crippen LogP contribution < -0.4 is 0 Å². The highest BCUT2D eigenvalue weighted by atomic mass is 28.3. The summed E-state index contributed by atoms with van der Waals surface area (Å²) < 4.78 is 23.9. The highest BCUT2D eigenvalue weighted by molar-refractivity contribution is 6.58. The molecule has 1 fully saturated rings. The first-order valence-corrected chi connectivity index (χ1v) is 8.39. The number of alkyl halides is 2. The van der Waals surface area contributed by atoms with Gasteiger partial charge in [0.25, 0.3) is 0 Å². The quantitative estimate of drug-likeness (QED) is 0.509. The highest BCUT2D eigenvalue weighted by Crippen LogP contribution is 2.29. The molecule has 1 heterocycles. The minimum atomic E-state index is -2.12. The van der Waals surface area contributed by atoms with Crippen molar-refractivity contribution in [3.8, 4) is 0 Å². The van der Waals surface area contributed by atoms with Crippen LogP contribution in [0.25, 0.3) is 0 Å². The summed E-state index contributed by atoms with van der Waals surface area (Å²) in [5.74, 6) is 0.598. The van der Waals surface area contributed by atoms with Crippen LogP contribution in [-0.4, -0.2) is 21.5 Å². The molecule has 0 unspecified atom stereocenters. The number of carbonyl (C=O) groups is 1. The maximum absolute atomic E-state index is 11.9. The third-order valence-electron chi connectivity index (χ3n) is 3.43. The third-order valence-corrected chi connectivity index (χ3v) is 6.96. The Morgan fingerprint density at radius 3 is 2.53 bits per heavy atom. The summed E-state index contributed by atoms with van der Waals surface area (Å²) in [6.45, 7) is 0. The molecule has 0 saturated carbocycles. The van der Waals surface area contributed by atoms with Crippen LogP contribution >= 0.6 is 0 Å². The van der Waals surface area contributed by atoms with E-state index in [2.05, 4.69) is 0 Å². The second-order valence-corrected chi connectivity index (χ2v) is 8.08. The second kappa shape index (κ2) is 7.09. The largest absolute Gasteiger partial charge is 0.303 e. The van der Waals surface area contributed by atoms with E-state index in [1.54, 1.807) is 0 Å². The molecule has 0 aromatic heterocycles. The maximum Gasteiger partial charge on any atom is 0.238 e. The van der Waals surface area contributed by atoms with E-state index in [4.69, 9.17) is 0 Å². The van der Waals surface area contributed by atoms with Crippen LogP contribution in [0, 0.1) is 5.92 Å². The molecular weight excluding hydrogens is 214 g/mol. The molecule has 0 N–H and O–H groups in total. The van der Waals surface area contributed by atoms with E-state index in [1.807, 2.05) is 0 Å². The summed E-state index contributed by atoms with van der Waals surface area (Å²) >= 11 is 0. The molecule has 0 spiro atoms. The fourth-order valence-corrected chi connectivity index (χ4v) is 6.02. The molecule has 0 bridgehead atoms. The van der Waals surface area contributed by atoms with Gasteiger partial charge in [0.1, 0.15) is 6.29 Å². The van der Waals surface area contributed by atoms with Crippen LogP contribution in [0.5, 0.6) is 0 Å². The van der Waals surface area contributed by atoms with Gasteiger partial charge in [-0.2, -0.15) is 0 Å². The molecule has 1 aliphatic rings. The standard InChI is InChI=1S/C11H20F2OSi/c12-11(13)2-1-7-15-8-4-10(3-6-14)5-9-15/h6,10-11,15H,1-5,7-9H2. The van der Waals surface area contributed by atoms with Crippen molar-refractivity contribution in [1.29, 1.82) is 0 Å². The van der Waals surface area contributed by atoms with E-state index in [1.165, 1.54) is 24.9 Å². The number of hydrogen-bond donors (Lipinski definition) is 0. The van der Waals surface area contributed by atoms with Crippen molar-refractivity contribution in [2.24, 2.45) is 5.92 Å². The first kappa shape index (κ1) is 12.8. The van der Waals surface area contributed by atoms with Crippen molar-refractivity contribution in [1.82, 2.24) is 0 Å². The summed E-state index contributed by atoms with van der Waals surface area (Å²) in [5, 5.41) is 0. The van der Waals surface area contributed by atoms with Crippen LogP contribution in [0.2, 0.25) is 18.1 Å². The van der Waals surface area contributed by atoms with Gasteiger partial charge in [0.05, 0.1) is 0 Å². The van der Waals surface area contributed by atoms with Crippen LogP contribution in [0.15, 0.2) is 0 Å². The van der Waals surface area contributed by atoms with Crippen LogP contribution in [0.1, 0.15) is 32.1 Å². The highest BCUT2D eigenvalue weighted by Gasteiger charge is 2.21. The Hall–Kier alpha value is -0.253. The zero-order chi connectivity index (χ0) is 11.1. The van der Waals surface area contributed by atoms with Gasteiger partial charge in [0.15, 0.2) is 0 Å². The topological polar surface area (TPSA) is 17.1 Å². The van der Waals surface area contributed by atoms with Gasteiger partial charge in [-0.3, -0.25) is 0 Å². The van der Waals surface area contributed by atoms with Gasteiger partial charge in [-0.1, -0.05) is 37.4 Å². The number of halogens is 2. The first-order chi connectivity index (χ1) is 7.22. The summed E-state index contributed by atoms with van der Waals surface area (Å²) in [6.07, 6.45) is 2.75. The predicted octanol–water partition coefficient (Wildman–Crippen LogP) is 3.26.